The van der Waals surface area contributed by atoms with Crippen molar-refractivity contribution in [2.45, 2.75) is 26.2 Å². The van der Waals surface area contributed by atoms with Gasteiger partial charge in [0.2, 0.25) is 0 Å². The Balaban J connectivity index is 1.59. The van der Waals surface area contributed by atoms with E-state index in [2.05, 4.69) is 98.9 Å². The molecule has 0 aliphatic carbocycles. The quantitative estimate of drug-likeness (QED) is 0.257. The highest BCUT2D eigenvalue weighted by atomic mass is 32.1. The zero-order valence-corrected chi connectivity index (χ0v) is 20.0. The van der Waals surface area contributed by atoms with Crippen molar-refractivity contribution in [3.8, 4) is 21.7 Å². The maximum absolute atomic E-state index is 4.88. The van der Waals surface area contributed by atoms with E-state index >= 15 is 0 Å². The van der Waals surface area contributed by atoms with Crippen LogP contribution in [0.1, 0.15) is 26.3 Å². The lowest BCUT2D eigenvalue weighted by Gasteiger charge is -2.22. The van der Waals surface area contributed by atoms with Gasteiger partial charge >= 0.3 is 0 Å². The maximum atomic E-state index is 4.88. The summed E-state index contributed by atoms with van der Waals surface area (Å²) in [5, 5.41) is 7.48. The predicted octanol–water partition coefficient (Wildman–Crippen LogP) is 9.30. The number of pyridine rings is 1. The van der Waals surface area contributed by atoms with Crippen molar-refractivity contribution in [3.63, 3.8) is 0 Å². The Labute approximate surface area is 196 Å². The molecule has 3 heteroatoms. The second-order valence-electron chi connectivity index (χ2n) is 9.33. The second-order valence-corrected chi connectivity index (χ2v) is 11.3. The van der Waals surface area contributed by atoms with E-state index in [-0.39, 0.29) is 5.41 Å². The molecule has 0 N–H and O–H groups in total. The molecule has 3 aromatic carbocycles. The second kappa shape index (κ2) is 7.26. The van der Waals surface area contributed by atoms with E-state index in [9.17, 15) is 0 Å². The third-order valence-electron chi connectivity index (χ3n) is 6.12. The highest BCUT2D eigenvalue weighted by molar-refractivity contribution is 7.23. The van der Waals surface area contributed by atoms with Crippen LogP contribution in [0, 0.1) is 0 Å². The first-order valence-corrected chi connectivity index (χ1v) is 12.6. The van der Waals surface area contributed by atoms with Gasteiger partial charge in [-0.3, -0.25) is 4.98 Å². The summed E-state index contributed by atoms with van der Waals surface area (Å²) >= 11 is 3.67. The van der Waals surface area contributed by atoms with Gasteiger partial charge in [-0.15, -0.1) is 22.7 Å². The van der Waals surface area contributed by atoms with Crippen LogP contribution in [0.3, 0.4) is 0 Å². The summed E-state index contributed by atoms with van der Waals surface area (Å²) < 4.78 is 2.59. The lowest BCUT2D eigenvalue weighted by atomic mass is 9.82. The summed E-state index contributed by atoms with van der Waals surface area (Å²) in [6, 6.07) is 26.5. The Kier molecular flexibility index (Phi) is 4.46. The fourth-order valence-corrected chi connectivity index (χ4v) is 6.77. The van der Waals surface area contributed by atoms with Gasteiger partial charge in [0.25, 0.3) is 0 Å². The van der Waals surface area contributed by atoms with Crippen LogP contribution in [0.25, 0.3) is 52.6 Å². The molecule has 6 rings (SSSR count). The molecule has 0 radical (unpaired) electrons. The first-order chi connectivity index (χ1) is 15.5. The average molecular weight is 450 g/mol. The fraction of sp³-hybridized carbons (Fsp3) is 0.138. The Morgan fingerprint density at radius 3 is 2.41 bits per heavy atom. The minimum Gasteiger partial charge on any atom is -0.255 e. The van der Waals surface area contributed by atoms with E-state index in [4.69, 9.17) is 4.98 Å². The number of hydrogen-bond donors (Lipinski definition) is 0. The number of aromatic nitrogens is 1. The van der Waals surface area contributed by atoms with E-state index in [0.29, 0.717) is 0 Å². The molecule has 32 heavy (non-hydrogen) atoms. The molecule has 0 fully saturated rings. The van der Waals surface area contributed by atoms with Gasteiger partial charge in [0.15, 0.2) is 0 Å². The molecule has 0 amide bonds. The molecule has 6 aromatic rings. The molecule has 0 aliphatic heterocycles. The van der Waals surface area contributed by atoms with Gasteiger partial charge in [-0.1, -0.05) is 63.2 Å². The highest BCUT2D eigenvalue weighted by Gasteiger charge is 2.20. The van der Waals surface area contributed by atoms with Gasteiger partial charge in [0.1, 0.15) is 0 Å². The zero-order valence-electron chi connectivity index (χ0n) is 18.3. The van der Waals surface area contributed by atoms with Crippen molar-refractivity contribution in [3.05, 3.63) is 89.9 Å². The third kappa shape index (κ3) is 3.16. The van der Waals surface area contributed by atoms with Crippen LogP contribution in [0.15, 0.2) is 84.4 Å². The van der Waals surface area contributed by atoms with Crippen molar-refractivity contribution in [2.75, 3.05) is 0 Å². The molecule has 1 nitrogen and oxygen atoms in total. The fourth-order valence-electron chi connectivity index (χ4n) is 4.54. The van der Waals surface area contributed by atoms with Gasteiger partial charge in [0.05, 0.1) is 10.4 Å². The van der Waals surface area contributed by atoms with Crippen molar-refractivity contribution < 1.29 is 0 Å². The van der Waals surface area contributed by atoms with Crippen LogP contribution in [0.4, 0.5) is 0 Å². The minimum absolute atomic E-state index is 0.0553. The summed E-state index contributed by atoms with van der Waals surface area (Å²) in [6.07, 6.45) is 1.95. The summed E-state index contributed by atoms with van der Waals surface area (Å²) in [7, 11) is 0. The van der Waals surface area contributed by atoms with E-state index in [1.807, 2.05) is 28.9 Å². The molecule has 156 valence electrons. The zero-order chi connectivity index (χ0) is 21.9. The number of thiophene rings is 2. The maximum Gasteiger partial charge on any atom is 0.0880 e. The van der Waals surface area contributed by atoms with E-state index in [1.54, 1.807) is 0 Å². The lowest BCUT2D eigenvalue weighted by Crippen LogP contribution is -2.12. The van der Waals surface area contributed by atoms with Crippen molar-refractivity contribution >= 4 is 53.6 Å². The van der Waals surface area contributed by atoms with Gasteiger partial charge in [-0.05, 0) is 57.5 Å². The van der Waals surface area contributed by atoms with Gasteiger partial charge in [0, 0.05) is 37.7 Å². The van der Waals surface area contributed by atoms with Crippen molar-refractivity contribution in [1.29, 1.82) is 0 Å². The topological polar surface area (TPSA) is 12.9 Å². The molecule has 0 bridgehead atoms. The van der Waals surface area contributed by atoms with Gasteiger partial charge < -0.3 is 0 Å². The molecular weight excluding hydrogens is 426 g/mol. The number of benzene rings is 3. The molecule has 0 saturated heterocycles. The third-order valence-corrected chi connectivity index (χ3v) is 8.28. The number of fused-ring (bicyclic) bond motifs is 3. The molecule has 0 unspecified atom stereocenters. The van der Waals surface area contributed by atoms with Crippen LogP contribution in [0.5, 0.6) is 0 Å². The van der Waals surface area contributed by atoms with Gasteiger partial charge in [-0.2, -0.15) is 0 Å². The molecular formula is C29H23NS2. The first kappa shape index (κ1) is 19.7. The largest absolute Gasteiger partial charge is 0.255 e. The SMILES string of the molecule is CC(C)(C)c1cc(-c2nccc3cc(-c4csc5ccccc45)sc23)cc2ccccc12. The smallest absolute Gasteiger partial charge is 0.0880 e. The van der Waals surface area contributed by atoms with Crippen LogP contribution < -0.4 is 0 Å². The molecule has 0 spiro atoms. The molecule has 3 aromatic heterocycles. The Morgan fingerprint density at radius 1 is 0.781 bits per heavy atom. The summed E-state index contributed by atoms with van der Waals surface area (Å²) in [5.74, 6) is 0. The number of rotatable bonds is 2. The van der Waals surface area contributed by atoms with Crippen LogP contribution in [-0.4, -0.2) is 4.98 Å². The molecule has 0 saturated carbocycles. The molecule has 0 aliphatic rings. The van der Waals surface area contributed by atoms with E-state index < -0.39 is 0 Å². The van der Waals surface area contributed by atoms with Crippen LogP contribution >= 0.6 is 22.7 Å². The van der Waals surface area contributed by atoms with Crippen LogP contribution in [-0.2, 0) is 5.41 Å². The van der Waals surface area contributed by atoms with E-state index in [1.165, 1.54) is 52.5 Å². The van der Waals surface area contributed by atoms with Gasteiger partial charge in [-0.25, -0.2) is 0 Å². The minimum atomic E-state index is 0.0553. The number of hydrogen-bond acceptors (Lipinski definition) is 3. The van der Waals surface area contributed by atoms with E-state index in [0.717, 1.165) is 5.69 Å². The first-order valence-electron chi connectivity index (χ1n) is 10.9. The summed E-state index contributed by atoms with van der Waals surface area (Å²) in [5.41, 5.74) is 5.02. The summed E-state index contributed by atoms with van der Waals surface area (Å²) in [4.78, 5) is 6.19. The monoisotopic (exact) mass is 449 g/mol. The predicted molar refractivity (Wildman–Crippen MR) is 142 cm³/mol. The average Bonchev–Trinajstić information content (AvgIpc) is 3.41. The van der Waals surface area contributed by atoms with Crippen molar-refractivity contribution in [1.82, 2.24) is 4.98 Å². The van der Waals surface area contributed by atoms with Crippen LogP contribution in [0.2, 0.25) is 0 Å². The Bertz CT molecular complexity index is 1610. The molecule has 3 heterocycles. The summed E-state index contributed by atoms with van der Waals surface area (Å²) in [6.45, 7) is 6.87. The normalized spacial score (nSPS) is 12.2. The van der Waals surface area contributed by atoms with Crippen molar-refractivity contribution in [2.24, 2.45) is 0 Å². The Morgan fingerprint density at radius 2 is 1.56 bits per heavy atom. The highest BCUT2D eigenvalue weighted by Crippen LogP contribution is 2.43. The number of nitrogens with zero attached hydrogens (tertiary/aromatic N) is 1. The standard InChI is InChI=1S/C29H23NS2/c1-29(2,3)24-15-20(14-18-8-4-5-9-21(18)24)27-28-19(12-13-30-27)16-26(32-28)23-17-31-25-11-7-6-10-22(23)25/h4-17H,1-3H3. The Hall–Kier alpha value is -3.01. The molecule has 0 atom stereocenters. The lowest BCUT2D eigenvalue weighted by molar-refractivity contribution is 0.596.